The van der Waals surface area contributed by atoms with Crippen molar-refractivity contribution in [3.05, 3.63) is 72.6 Å². The van der Waals surface area contributed by atoms with Crippen molar-refractivity contribution in [3.8, 4) is 16.2 Å². The van der Waals surface area contributed by atoms with E-state index in [1.165, 1.54) is 17.7 Å². The zero-order valence-corrected chi connectivity index (χ0v) is 17.8. The lowest BCUT2D eigenvalue weighted by molar-refractivity contribution is 0.281. The van der Waals surface area contributed by atoms with Crippen LogP contribution in [0.25, 0.3) is 20.7 Å². The average molecular weight is 424 g/mol. The van der Waals surface area contributed by atoms with Crippen molar-refractivity contribution in [1.82, 2.24) is 9.97 Å². The first-order valence-corrected chi connectivity index (χ1v) is 10.3. The third kappa shape index (κ3) is 4.59. The van der Waals surface area contributed by atoms with Gasteiger partial charge in [0.05, 0.1) is 31.8 Å². The monoisotopic (exact) mass is 423 g/mol. The van der Waals surface area contributed by atoms with Gasteiger partial charge in [0.25, 0.3) is 0 Å². The van der Waals surface area contributed by atoms with Crippen molar-refractivity contribution in [1.29, 1.82) is 0 Å². The minimum Gasteiger partial charge on any atom is -0.496 e. The van der Waals surface area contributed by atoms with E-state index in [4.69, 9.17) is 4.74 Å². The molecule has 30 heavy (non-hydrogen) atoms. The van der Waals surface area contributed by atoms with Crippen molar-refractivity contribution >= 4 is 27.4 Å². The summed E-state index contributed by atoms with van der Waals surface area (Å²) in [5.41, 5.74) is 2.61. The van der Waals surface area contributed by atoms with Gasteiger partial charge in [-0.1, -0.05) is 36.9 Å². The van der Waals surface area contributed by atoms with Crippen LogP contribution in [0.5, 0.6) is 5.75 Å². The van der Waals surface area contributed by atoms with Gasteiger partial charge in [-0.05, 0) is 36.3 Å². The van der Waals surface area contributed by atoms with Crippen molar-refractivity contribution in [2.45, 2.75) is 19.6 Å². The van der Waals surface area contributed by atoms with Gasteiger partial charge in [0, 0.05) is 10.4 Å². The number of hydrogen-bond donors (Lipinski definition) is 3. The lowest BCUT2D eigenvalue weighted by atomic mass is 10.1. The van der Waals surface area contributed by atoms with E-state index in [-0.39, 0.29) is 19.3 Å². The highest BCUT2D eigenvalue weighted by Gasteiger charge is 2.17. The zero-order valence-electron chi connectivity index (χ0n) is 17.0. The quantitative estimate of drug-likeness (QED) is 0.444. The molecule has 156 valence electrons. The second-order valence-electron chi connectivity index (χ2n) is 6.53. The Morgan fingerprint density at radius 3 is 2.80 bits per heavy atom. The number of nitrogens with zero attached hydrogens (tertiary/aromatic N) is 2. The summed E-state index contributed by atoms with van der Waals surface area (Å²) >= 11 is 1.53. The maximum absolute atomic E-state index is 9.93. The van der Waals surface area contributed by atoms with E-state index >= 15 is 0 Å². The molecule has 0 spiro atoms. The number of rotatable bonds is 9. The number of aliphatic hydroxyl groups excluding tert-OH is 2. The van der Waals surface area contributed by atoms with Gasteiger partial charge in [-0.15, -0.1) is 11.3 Å². The Balaban J connectivity index is 2.02. The lowest BCUT2D eigenvalue weighted by Gasteiger charge is -2.18. The minimum absolute atomic E-state index is 0.0437. The number of anilines is 1. The number of allylic oxidation sites excluding steroid dienone is 3. The first kappa shape index (κ1) is 21.7. The molecule has 3 rings (SSSR count). The summed E-state index contributed by atoms with van der Waals surface area (Å²) in [5.74, 6) is 1.33. The molecule has 0 unspecified atom stereocenters. The summed E-state index contributed by atoms with van der Waals surface area (Å²) in [4.78, 5) is 10.6. The summed E-state index contributed by atoms with van der Waals surface area (Å²) in [7, 11) is 1.61. The van der Waals surface area contributed by atoms with Crippen molar-refractivity contribution in [2.24, 2.45) is 0 Å². The van der Waals surface area contributed by atoms with E-state index < -0.39 is 0 Å². The van der Waals surface area contributed by atoms with Crippen molar-refractivity contribution in [2.75, 3.05) is 19.0 Å². The fraction of sp³-hybridized carbons (Fsp3) is 0.217. The second-order valence-corrected chi connectivity index (χ2v) is 7.56. The highest BCUT2D eigenvalue weighted by atomic mass is 32.1. The van der Waals surface area contributed by atoms with Crippen LogP contribution in [0, 0.1) is 0 Å². The summed E-state index contributed by atoms with van der Waals surface area (Å²) in [6.07, 6.45) is 8.91. The number of fused-ring (bicyclic) bond motifs is 1. The summed E-state index contributed by atoms with van der Waals surface area (Å²) in [6, 6.07) is 7.32. The molecule has 0 aliphatic heterocycles. The fourth-order valence-corrected chi connectivity index (χ4v) is 4.19. The predicted molar refractivity (Wildman–Crippen MR) is 123 cm³/mol. The van der Waals surface area contributed by atoms with Crippen LogP contribution in [0.15, 0.2) is 67.0 Å². The van der Waals surface area contributed by atoms with Crippen LogP contribution >= 0.6 is 11.3 Å². The zero-order chi connectivity index (χ0) is 21.5. The predicted octanol–water partition coefficient (Wildman–Crippen LogP) is 4.32. The van der Waals surface area contributed by atoms with Gasteiger partial charge in [0.2, 0.25) is 0 Å². The van der Waals surface area contributed by atoms with Crippen molar-refractivity contribution < 1.29 is 14.9 Å². The SMILES string of the molecule is C=C/C=C(\C=C/C)[C@@H](CO)Nc1ncnc2sc(-c3ccc(CO)cc3OC)cc12. The topological polar surface area (TPSA) is 87.5 Å². The molecule has 0 saturated carbocycles. The summed E-state index contributed by atoms with van der Waals surface area (Å²) < 4.78 is 5.52. The maximum atomic E-state index is 9.93. The number of benzene rings is 1. The molecule has 0 saturated heterocycles. The molecule has 1 aromatic carbocycles. The molecule has 6 nitrogen and oxygen atoms in total. The lowest BCUT2D eigenvalue weighted by Crippen LogP contribution is -2.26. The molecule has 0 radical (unpaired) electrons. The summed E-state index contributed by atoms with van der Waals surface area (Å²) in [6.45, 7) is 5.54. The minimum atomic E-state index is -0.334. The number of methoxy groups -OCH3 is 1. The third-order valence-electron chi connectivity index (χ3n) is 4.61. The Bertz CT molecular complexity index is 1090. The van der Waals surface area contributed by atoms with Crippen LogP contribution < -0.4 is 10.1 Å². The Hall–Kier alpha value is -3.00. The Kier molecular flexibility index (Phi) is 7.35. The third-order valence-corrected chi connectivity index (χ3v) is 5.69. The van der Waals surface area contributed by atoms with Gasteiger partial charge in [0.15, 0.2) is 0 Å². The molecule has 0 amide bonds. The van der Waals surface area contributed by atoms with Gasteiger partial charge in [0.1, 0.15) is 22.7 Å². The number of aliphatic hydroxyl groups is 2. The summed E-state index contributed by atoms with van der Waals surface area (Å²) in [5, 5.41) is 23.5. The van der Waals surface area contributed by atoms with E-state index in [0.717, 1.165) is 31.8 Å². The first-order valence-electron chi connectivity index (χ1n) is 9.50. The highest BCUT2D eigenvalue weighted by Crippen LogP contribution is 2.39. The first-order chi connectivity index (χ1) is 14.6. The standard InChI is InChI=1S/C23H25N3O3S/c1-4-6-16(7-5-2)19(13-28)26-22-18-11-21(30-23(18)25-14-24-22)17-9-8-15(12-27)10-20(17)29-3/h4-11,14,19,27-28H,1,12-13H2,2-3H3,(H,24,25,26)/b7-5-,16-6+/t19-/m1/s1. The smallest absolute Gasteiger partial charge is 0.138 e. The highest BCUT2D eigenvalue weighted by molar-refractivity contribution is 7.22. The van der Waals surface area contributed by atoms with Crippen LogP contribution in [0.1, 0.15) is 12.5 Å². The van der Waals surface area contributed by atoms with Gasteiger partial charge in [-0.3, -0.25) is 0 Å². The van der Waals surface area contributed by atoms with Crippen LogP contribution in [-0.2, 0) is 6.61 Å². The average Bonchev–Trinajstić information content (AvgIpc) is 3.21. The van der Waals surface area contributed by atoms with Gasteiger partial charge < -0.3 is 20.3 Å². The number of aromatic nitrogens is 2. The maximum Gasteiger partial charge on any atom is 0.138 e. The molecule has 0 aliphatic rings. The normalized spacial score (nSPS) is 13.0. The van der Waals surface area contributed by atoms with Gasteiger partial charge >= 0.3 is 0 Å². The Labute approximate surface area is 179 Å². The Morgan fingerprint density at radius 1 is 1.30 bits per heavy atom. The molecule has 0 fully saturated rings. The van der Waals surface area contributed by atoms with E-state index in [2.05, 4.69) is 21.9 Å². The molecule has 2 aromatic heterocycles. The van der Waals surface area contributed by atoms with Crippen LogP contribution in [0.2, 0.25) is 0 Å². The van der Waals surface area contributed by atoms with E-state index in [9.17, 15) is 10.2 Å². The fourth-order valence-electron chi connectivity index (χ4n) is 3.16. The Morgan fingerprint density at radius 2 is 2.13 bits per heavy atom. The molecule has 7 heteroatoms. The molecule has 2 heterocycles. The molecular weight excluding hydrogens is 398 g/mol. The molecule has 0 bridgehead atoms. The molecule has 3 N–H and O–H groups in total. The molecular formula is C23H25N3O3S. The molecule has 0 aliphatic carbocycles. The number of nitrogens with one attached hydrogen (secondary N) is 1. The number of ether oxygens (including phenoxy) is 1. The van der Waals surface area contributed by atoms with Gasteiger partial charge in [-0.25, -0.2) is 9.97 Å². The number of thiophene rings is 1. The second kappa shape index (κ2) is 10.2. The van der Waals surface area contributed by atoms with Crippen LogP contribution in [0.4, 0.5) is 5.82 Å². The van der Waals surface area contributed by atoms with E-state index in [1.807, 2.05) is 49.4 Å². The molecule has 3 aromatic rings. The molecule has 1 atom stereocenters. The van der Waals surface area contributed by atoms with Gasteiger partial charge in [-0.2, -0.15) is 0 Å². The van der Waals surface area contributed by atoms with Crippen LogP contribution in [-0.4, -0.2) is 39.9 Å². The largest absolute Gasteiger partial charge is 0.496 e. The van der Waals surface area contributed by atoms with E-state index in [1.54, 1.807) is 13.2 Å². The van der Waals surface area contributed by atoms with Crippen molar-refractivity contribution in [3.63, 3.8) is 0 Å². The van der Waals surface area contributed by atoms with E-state index in [0.29, 0.717) is 11.6 Å². The van der Waals surface area contributed by atoms with Crippen LogP contribution in [0.3, 0.4) is 0 Å². The number of hydrogen-bond acceptors (Lipinski definition) is 7.